The molecule has 24 heavy (non-hydrogen) atoms. The molecule has 1 amide bonds. The summed E-state index contributed by atoms with van der Waals surface area (Å²) in [5.74, 6) is 0.772. The highest BCUT2D eigenvalue weighted by Crippen LogP contribution is 2.27. The van der Waals surface area contributed by atoms with E-state index in [0.29, 0.717) is 17.4 Å². The molecule has 2 aromatic rings. The fraction of sp³-hybridized carbons (Fsp3) is 0.611. The van der Waals surface area contributed by atoms with Crippen molar-refractivity contribution in [1.82, 2.24) is 25.2 Å². The standard InChI is InChI=1S/C18H25N5O/c24-18(17-21-15-7-4-9-19-16(15)22-17)20-11-13-8-10-23(12-13)14-5-2-1-3-6-14/h4,7,9,13-14H,1-3,5-6,8,10-12H2,(H,20,24)(H,19,21,22)/t13-/m1/s1. The highest BCUT2D eigenvalue weighted by atomic mass is 16.2. The minimum Gasteiger partial charge on any atom is -0.349 e. The number of pyridine rings is 1. The zero-order chi connectivity index (χ0) is 16.4. The van der Waals surface area contributed by atoms with Crippen LogP contribution >= 0.6 is 0 Å². The number of hydrogen-bond acceptors (Lipinski definition) is 4. The molecule has 0 unspecified atom stereocenters. The number of likely N-dealkylation sites (tertiary alicyclic amines) is 1. The van der Waals surface area contributed by atoms with Crippen LogP contribution in [0.2, 0.25) is 0 Å². The Morgan fingerprint density at radius 1 is 1.29 bits per heavy atom. The number of nitrogens with one attached hydrogen (secondary N) is 2. The van der Waals surface area contributed by atoms with Crippen LogP contribution in [0.3, 0.4) is 0 Å². The van der Waals surface area contributed by atoms with Gasteiger partial charge in [-0.1, -0.05) is 19.3 Å². The Hall–Kier alpha value is -1.95. The van der Waals surface area contributed by atoms with Crippen LogP contribution in [-0.4, -0.2) is 51.4 Å². The molecule has 2 aromatic heterocycles. The Morgan fingerprint density at radius 3 is 3.00 bits per heavy atom. The lowest BCUT2D eigenvalue weighted by atomic mass is 9.94. The van der Waals surface area contributed by atoms with Crippen LogP contribution in [0, 0.1) is 5.92 Å². The first-order valence-electron chi connectivity index (χ1n) is 9.12. The van der Waals surface area contributed by atoms with Crippen molar-refractivity contribution in [2.75, 3.05) is 19.6 Å². The molecule has 2 aliphatic rings. The maximum Gasteiger partial charge on any atom is 0.287 e. The second kappa shape index (κ2) is 6.89. The quantitative estimate of drug-likeness (QED) is 0.904. The topological polar surface area (TPSA) is 73.9 Å². The third kappa shape index (κ3) is 3.29. The van der Waals surface area contributed by atoms with E-state index in [1.54, 1.807) is 6.20 Å². The van der Waals surface area contributed by atoms with Crippen molar-refractivity contribution in [2.24, 2.45) is 5.92 Å². The molecule has 2 fully saturated rings. The maximum absolute atomic E-state index is 12.3. The van der Waals surface area contributed by atoms with Crippen molar-refractivity contribution in [1.29, 1.82) is 0 Å². The molecule has 1 aliphatic carbocycles. The van der Waals surface area contributed by atoms with Gasteiger partial charge in [0.05, 0.1) is 5.52 Å². The SMILES string of the molecule is O=C(NC[C@H]1CCN(C2CCCCC2)C1)c1nc2ncccc2[nH]1. The number of aromatic amines is 1. The molecule has 6 nitrogen and oxygen atoms in total. The van der Waals surface area contributed by atoms with Crippen LogP contribution in [0.25, 0.3) is 11.2 Å². The Balaban J connectivity index is 1.29. The number of imidazole rings is 1. The summed E-state index contributed by atoms with van der Waals surface area (Å²) in [6, 6.07) is 4.49. The van der Waals surface area contributed by atoms with E-state index in [-0.39, 0.29) is 5.91 Å². The normalized spacial score (nSPS) is 22.9. The number of fused-ring (bicyclic) bond motifs is 1. The maximum atomic E-state index is 12.3. The molecule has 0 spiro atoms. The second-order valence-electron chi connectivity index (χ2n) is 7.11. The van der Waals surface area contributed by atoms with Gasteiger partial charge in [-0.25, -0.2) is 9.97 Å². The number of H-pyrrole nitrogens is 1. The highest BCUT2D eigenvalue weighted by molar-refractivity contribution is 5.93. The number of aromatic nitrogens is 3. The average molecular weight is 327 g/mol. The monoisotopic (exact) mass is 327 g/mol. The summed E-state index contributed by atoms with van der Waals surface area (Å²) in [6.07, 6.45) is 9.72. The third-order valence-corrected chi connectivity index (χ3v) is 5.43. The zero-order valence-corrected chi connectivity index (χ0v) is 14.0. The molecule has 0 aromatic carbocycles. The fourth-order valence-corrected chi connectivity index (χ4v) is 4.08. The van der Waals surface area contributed by atoms with Crippen LogP contribution in [0.4, 0.5) is 0 Å². The van der Waals surface area contributed by atoms with Gasteiger partial charge in [-0.15, -0.1) is 0 Å². The largest absolute Gasteiger partial charge is 0.349 e. The van der Waals surface area contributed by atoms with Gasteiger partial charge in [0.1, 0.15) is 0 Å². The van der Waals surface area contributed by atoms with E-state index in [0.717, 1.165) is 24.6 Å². The molecule has 1 saturated carbocycles. The van der Waals surface area contributed by atoms with Gasteiger partial charge in [0, 0.05) is 25.3 Å². The smallest absolute Gasteiger partial charge is 0.287 e. The zero-order valence-electron chi connectivity index (χ0n) is 14.0. The summed E-state index contributed by atoms with van der Waals surface area (Å²) in [5, 5.41) is 3.04. The van der Waals surface area contributed by atoms with Gasteiger partial charge in [0.15, 0.2) is 11.5 Å². The average Bonchev–Trinajstić information content (AvgIpc) is 3.27. The van der Waals surface area contributed by atoms with E-state index in [1.807, 2.05) is 12.1 Å². The summed E-state index contributed by atoms with van der Waals surface area (Å²) in [4.78, 5) is 26.4. The van der Waals surface area contributed by atoms with E-state index >= 15 is 0 Å². The summed E-state index contributed by atoms with van der Waals surface area (Å²) >= 11 is 0. The van der Waals surface area contributed by atoms with E-state index in [4.69, 9.17) is 0 Å². The molecule has 3 heterocycles. The molecular formula is C18H25N5O. The number of carbonyl (C=O) groups excluding carboxylic acids is 1. The van der Waals surface area contributed by atoms with Gasteiger partial charge < -0.3 is 15.2 Å². The van der Waals surface area contributed by atoms with Crippen molar-refractivity contribution in [2.45, 2.75) is 44.6 Å². The van der Waals surface area contributed by atoms with Gasteiger partial charge >= 0.3 is 0 Å². The third-order valence-electron chi connectivity index (χ3n) is 5.43. The van der Waals surface area contributed by atoms with Crippen LogP contribution in [0.5, 0.6) is 0 Å². The highest BCUT2D eigenvalue weighted by Gasteiger charge is 2.29. The Kier molecular flexibility index (Phi) is 4.47. The predicted octanol–water partition coefficient (Wildman–Crippen LogP) is 2.34. The van der Waals surface area contributed by atoms with Crippen molar-refractivity contribution in [3.8, 4) is 0 Å². The Labute approximate surface area is 142 Å². The first-order chi connectivity index (χ1) is 11.8. The molecule has 0 radical (unpaired) electrons. The van der Waals surface area contributed by atoms with Gasteiger partial charge in [-0.05, 0) is 43.9 Å². The Bertz CT molecular complexity index is 673. The molecule has 0 bridgehead atoms. The lowest BCUT2D eigenvalue weighted by molar-refractivity contribution is 0.0937. The molecule has 1 aliphatic heterocycles. The minimum atomic E-state index is -0.135. The first kappa shape index (κ1) is 15.6. The lowest BCUT2D eigenvalue weighted by Gasteiger charge is -2.31. The first-order valence-corrected chi connectivity index (χ1v) is 9.12. The summed E-state index contributed by atoms with van der Waals surface area (Å²) in [5.41, 5.74) is 1.39. The number of rotatable bonds is 4. The van der Waals surface area contributed by atoms with Crippen molar-refractivity contribution >= 4 is 17.1 Å². The number of carbonyl (C=O) groups is 1. The van der Waals surface area contributed by atoms with Gasteiger partial charge in [0.2, 0.25) is 0 Å². The van der Waals surface area contributed by atoms with E-state index in [9.17, 15) is 4.79 Å². The second-order valence-corrected chi connectivity index (χ2v) is 7.11. The molecule has 1 saturated heterocycles. The molecule has 4 rings (SSSR count). The van der Waals surface area contributed by atoms with E-state index in [1.165, 1.54) is 45.1 Å². The lowest BCUT2D eigenvalue weighted by Crippen LogP contribution is -2.36. The van der Waals surface area contributed by atoms with Crippen LogP contribution in [0.15, 0.2) is 18.3 Å². The summed E-state index contributed by atoms with van der Waals surface area (Å²) < 4.78 is 0. The van der Waals surface area contributed by atoms with Crippen LogP contribution < -0.4 is 5.32 Å². The van der Waals surface area contributed by atoms with E-state index in [2.05, 4.69) is 25.2 Å². The fourth-order valence-electron chi connectivity index (χ4n) is 4.08. The molecule has 6 heteroatoms. The van der Waals surface area contributed by atoms with Crippen LogP contribution in [-0.2, 0) is 0 Å². The molecule has 2 N–H and O–H groups in total. The van der Waals surface area contributed by atoms with Gasteiger partial charge in [-0.3, -0.25) is 4.79 Å². The summed E-state index contributed by atoms with van der Waals surface area (Å²) in [6.45, 7) is 3.03. The number of hydrogen-bond donors (Lipinski definition) is 2. The van der Waals surface area contributed by atoms with Crippen molar-refractivity contribution in [3.63, 3.8) is 0 Å². The predicted molar refractivity (Wildman–Crippen MR) is 92.8 cm³/mol. The number of nitrogens with zero attached hydrogens (tertiary/aromatic N) is 3. The van der Waals surface area contributed by atoms with Crippen molar-refractivity contribution < 1.29 is 4.79 Å². The van der Waals surface area contributed by atoms with Crippen LogP contribution in [0.1, 0.15) is 49.1 Å². The number of amides is 1. The molecular weight excluding hydrogens is 302 g/mol. The molecule has 1 atom stereocenters. The summed E-state index contributed by atoms with van der Waals surface area (Å²) in [7, 11) is 0. The minimum absolute atomic E-state index is 0.135. The molecule has 128 valence electrons. The van der Waals surface area contributed by atoms with Gasteiger partial charge in [0.25, 0.3) is 5.91 Å². The van der Waals surface area contributed by atoms with Crippen molar-refractivity contribution in [3.05, 3.63) is 24.2 Å². The Morgan fingerprint density at radius 2 is 2.17 bits per heavy atom. The van der Waals surface area contributed by atoms with Gasteiger partial charge in [-0.2, -0.15) is 0 Å². The van der Waals surface area contributed by atoms with E-state index < -0.39 is 0 Å².